The first kappa shape index (κ1) is 13.3. The smallest absolute Gasteiger partial charge is 0.303 e. The third-order valence-electron chi connectivity index (χ3n) is 2.62. The van der Waals surface area contributed by atoms with Crippen LogP contribution >= 0.6 is 0 Å². The minimum Gasteiger partial charge on any atom is -0.481 e. The van der Waals surface area contributed by atoms with Gasteiger partial charge in [-0.3, -0.25) is 9.59 Å². The number of carboxylic acids is 1. The van der Waals surface area contributed by atoms with Gasteiger partial charge in [0.05, 0.1) is 0 Å². The molecule has 0 radical (unpaired) electrons. The maximum absolute atomic E-state index is 11.5. The standard InChI is InChI=1S/C12H18N2O3/c1-9(4-5-11(15)16)6-8-14-12(17)10-3-2-7-13-10/h2-3,7,9,13H,4-6,8H2,1H3,(H,14,17)(H,15,16). The minimum atomic E-state index is -0.771. The highest BCUT2D eigenvalue weighted by molar-refractivity contribution is 5.92. The van der Waals surface area contributed by atoms with Crippen LogP contribution in [-0.4, -0.2) is 28.5 Å². The molecule has 0 spiro atoms. The maximum Gasteiger partial charge on any atom is 0.303 e. The van der Waals surface area contributed by atoms with E-state index in [1.54, 1.807) is 18.3 Å². The summed E-state index contributed by atoms with van der Waals surface area (Å²) in [6.07, 6.45) is 3.32. The molecule has 1 unspecified atom stereocenters. The number of hydrogen-bond donors (Lipinski definition) is 3. The number of rotatable bonds is 7. The molecule has 1 heterocycles. The molecule has 1 amide bonds. The van der Waals surface area contributed by atoms with Crippen LogP contribution in [0.5, 0.6) is 0 Å². The molecule has 1 atom stereocenters. The molecule has 1 aromatic heterocycles. The fourth-order valence-electron chi connectivity index (χ4n) is 1.51. The van der Waals surface area contributed by atoms with Gasteiger partial charge in [0, 0.05) is 19.2 Å². The number of hydrogen-bond acceptors (Lipinski definition) is 2. The van der Waals surface area contributed by atoms with E-state index >= 15 is 0 Å². The number of H-pyrrole nitrogens is 1. The number of aliphatic carboxylic acids is 1. The van der Waals surface area contributed by atoms with Crippen LogP contribution in [0.2, 0.25) is 0 Å². The number of carbonyl (C=O) groups is 2. The zero-order chi connectivity index (χ0) is 12.7. The Labute approximate surface area is 100 Å². The molecule has 0 aliphatic carbocycles. The zero-order valence-electron chi connectivity index (χ0n) is 9.90. The second-order valence-electron chi connectivity index (χ2n) is 4.17. The Kier molecular flexibility index (Phi) is 5.26. The van der Waals surface area contributed by atoms with Crippen molar-refractivity contribution in [1.82, 2.24) is 10.3 Å². The van der Waals surface area contributed by atoms with Crippen LogP contribution in [0.4, 0.5) is 0 Å². The predicted molar refractivity (Wildman–Crippen MR) is 63.8 cm³/mol. The monoisotopic (exact) mass is 238 g/mol. The fourth-order valence-corrected chi connectivity index (χ4v) is 1.51. The highest BCUT2D eigenvalue weighted by atomic mass is 16.4. The molecule has 0 aliphatic rings. The molecule has 3 N–H and O–H groups in total. The minimum absolute atomic E-state index is 0.125. The lowest BCUT2D eigenvalue weighted by Crippen LogP contribution is -2.25. The first-order valence-corrected chi connectivity index (χ1v) is 5.73. The Hall–Kier alpha value is -1.78. The number of nitrogens with one attached hydrogen (secondary N) is 2. The molecule has 5 nitrogen and oxygen atoms in total. The Morgan fingerprint density at radius 1 is 1.47 bits per heavy atom. The average molecular weight is 238 g/mol. The highest BCUT2D eigenvalue weighted by Gasteiger charge is 2.08. The number of carbonyl (C=O) groups excluding carboxylic acids is 1. The lowest BCUT2D eigenvalue weighted by Gasteiger charge is -2.10. The molecule has 1 rings (SSSR count). The molecule has 5 heteroatoms. The Balaban J connectivity index is 2.15. The molecular formula is C12H18N2O3. The van der Waals surface area contributed by atoms with Gasteiger partial charge in [0.1, 0.15) is 5.69 Å². The van der Waals surface area contributed by atoms with Gasteiger partial charge in [-0.25, -0.2) is 0 Å². The summed E-state index contributed by atoms with van der Waals surface area (Å²) in [6, 6.07) is 3.48. The van der Waals surface area contributed by atoms with Crippen LogP contribution in [0.25, 0.3) is 0 Å². The van der Waals surface area contributed by atoms with E-state index in [0.29, 0.717) is 24.6 Å². The SMILES string of the molecule is CC(CCNC(=O)c1ccc[nH]1)CCC(=O)O. The quantitative estimate of drug-likeness (QED) is 0.675. The van der Waals surface area contributed by atoms with Crippen LogP contribution in [0.1, 0.15) is 36.7 Å². The Bertz CT molecular complexity index is 360. The van der Waals surface area contributed by atoms with Crippen molar-refractivity contribution < 1.29 is 14.7 Å². The van der Waals surface area contributed by atoms with Crippen molar-refractivity contribution in [1.29, 1.82) is 0 Å². The highest BCUT2D eigenvalue weighted by Crippen LogP contribution is 2.09. The second-order valence-corrected chi connectivity index (χ2v) is 4.17. The molecule has 0 fully saturated rings. The summed E-state index contributed by atoms with van der Waals surface area (Å²) in [7, 11) is 0. The van der Waals surface area contributed by atoms with E-state index < -0.39 is 5.97 Å². The first-order valence-electron chi connectivity index (χ1n) is 5.73. The van der Waals surface area contributed by atoms with Gasteiger partial charge in [-0.1, -0.05) is 6.92 Å². The van der Waals surface area contributed by atoms with Gasteiger partial charge in [0.15, 0.2) is 0 Å². The molecule has 1 aromatic rings. The van der Waals surface area contributed by atoms with E-state index in [2.05, 4.69) is 10.3 Å². The van der Waals surface area contributed by atoms with E-state index in [1.165, 1.54) is 0 Å². The van der Waals surface area contributed by atoms with E-state index in [0.717, 1.165) is 6.42 Å². The molecule has 0 aliphatic heterocycles. The normalized spacial score (nSPS) is 12.1. The summed E-state index contributed by atoms with van der Waals surface area (Å²) in [4.78, 5) is 24.7. The average Bonchev–Trinajstić information content (AvgIpc) is 2.79. The van der Waals surface area contributed by atoms with Crippen molar-refractivity contribution in [2.24, 2.45) is 5.92 Å². The summed E-state index contributed by atoms with van der Waals surface area (Å²) in [6.45, 7) is 2.56. The third-order valence-corrected chi connectivity index (χ3v) is 2.62. The van der Waals surface area contributed by atoms with Crippen molar-refractivity contribution in [2.75, 3.05) is 6.54 Å². The van der Waals surface area contributed by atoms with Crippen molar-refractivity contribution in [2.45, 2.75) is 26.2 Å². The fraction of sp³-hybridized carbons (Fsp3) is 0.500. The zero-order valence-corrected chi connectivity index (χ0v) is 9.90. The second kappa shape index (κ2) is 6.73. The van der Waals surface area contributed by atoms with Crippen molar-refractivity contribution in [3.63, 3.8) is 0 Å². The third kappa shape index (κ3) is 5.19. The van der Waals surface area contributed by atoms with Crippen LogP contribution in [0.3, 0.4) is 0 Å². The number of aromatic amines is 1. The molecule has 0 saturated heterocycles. The van der Waals surface area contributed by atoms with Crippen molar-refractivity contribution in [3.8, 4) is 0 Å². The maximum atomic E-state index is 11.5. The van der Waals surface area contributed by atoms with Gasteiger partial charge >= 0.3 is 5.97 Å². The van der Waals surface area contributed by atoms with E-state index in [9.17, 15) is 9.59 Å². The van der Waals surface area contributed by atoms with Gasteiger partial charge < -0.3 is 15.4 Å². The van der Waals surface area contributed by atoms with E-state index in [-0.39, 0.29) is 12.3 Å². The molecule has 0 saturated carbocycles. The lowest BCUT2D eigenvalue weighted by molar-refractivity contribution is -0.137. The van der Waals surface area contributed by atoms with Gasteiger partial charge in [0.25, 0.3) is 5.91 Å². The van der Waals surface area contributed by atoms with Gasteiger partial charge in [-0.2, -0.15) is 0 Å². The lowest BCUT2D eigenvalue weighted by atomic mass is 10.0. The van der Waals surface area contributed by atoms with Crippen LogP contribution < -0.4 is 5.32 Å². The number of aromatic nitrogens is 1. The van der Waals surface area contributed by atoms with E-state index in [4.69, 9.17) is 5.11 Å². The molecule has 0 bridgehead atoms. The number of carboxylic acid groups (broad SMARTS) is 1. The number of amides is 1. The summed E-state index contributed by atoms with van der Waals surface area (Å²) in [5.74, 6) is -0.595. The molecule has 0 aromatic carbocycles. The summed E-state index contributed by atoms with van der Waals surface area (Å²) in [5.41, 5.74) is 0.545. The van der Waals surface area contributed by atoms with Crippen LogP contribution in [0.15, 0.2) is 18.3 Å². The topological polar surface area (TPSA) is 82.2 Å². The largest absolute Gasteiger partial charge is 0.481 e. The Morgan fingerprint density at radius 3 is 2.82 bits per heavy atom. The van der Waals surface area contributed by atoms with Crippen molar-refractivity contribution in [3.05, 3.63) is 24.0 Å². The summed E-state index contributed by atoms with van der Waals surface area (Å²) < 4.78 is 0. The van der Waals surface area contributed by atoms with Gasteiger partial charge in [-0.15, -0.1) is 0 Å². The Morgan fingerprint density at radius 2 is 2.24 bits per heavy atom. The predicted octanol–water partition coefficient (Wildman–Crippen LogP) is 1.64. The molecule has 94 valence electrons. The van der Waals surface area contributed by atoms with Crippen LogP contribution in [-0.2, 0) is 4.79 Å². The summed E-state index contributed by atoms with van der Waals surface area (Å²) in [5, 5.41) is 11.3. The molecule has 17 heavy (non-hydrogen) atoms. The van der Waals surface area contributed by atoms with Gasteiger partial charge in [-0.05, 0) is 30.9 Å². The van der Waals surface area contributed by atoms with Crippen molar-refractivity contribution >= 4 is 11.9 Å². The first-order chi connectivity index (χ1) is 8.09. The van der Waals surface area contributed by atoms with Crippen LogP contribution in [0, 0.1) is 5.92 Å². The van der Waals surface area contributed by atoms with Gasteiger partial charge in [0.2, 0.25) is 0 Å². The summed E-state index contributed by atoms with van der Waals surface area (Å²) >= 11 is 0. The molecular weight excluding hydrogens is 220 g/mol. The van der Waals surface area contributed by atoms with E-state index in [1.807, 2.05) is 6.92 Å².